The number of carbonyl (C=O) groups excluding carboxylic acids is 2. The molecule has 2 aliphatic heterocycles. The first-order chi connectivity index (χ1) is 9.86. The number of piperidine rings is 1. The van der Waals surface area contributed by atoms with Crippen LogP contribution in [0.4, 0.5) is 0 Å². The van der Waals surface area contributed by atoms with Crippen LogP contribution in [0.25, 0.3) is 0 Å². The molecule has 0 aromatic rings. The third-order valence-corrected chi connectivity index (χ3v) is 4.54. The van der Waals surface area contributed by atoms with Gasteiger partial charge in [-0.15, -0.1) is 12.4 Å². The summed E-state index contributed by atoms with van der Waals surface area (Å²) in [5, 5.41) is 6.38. The Hall–Kier alpha value is -0.810. The van der Waals surface area contributed by atoms with Crippen LogP contribution in [0.5, 0.6) is 0 Å². The summed E-state index contributed by atoms with van der Waals surface area (Å²) in [7, 11) is 0. The Kier molecular flexibility index (Phi) is 7.13. The van der Waals surface area contributed by atoms with Gasteiger partial charge in [0.2, 0.25) is 11.8 Å². The van der Waals surface area contributed by atoms with E-state index in [9.17, 15) is 9.59 Å². The Morgan fingerprint density at radius 3 is 2.50 bits per heavy atom. The molecule has 2 amide bonds. The van der Waals surface area contributed by atoms with E-state index in [-0.39, 0.29) is 35.8 Å². The number of hydrogen-bond donors (Lipinski definition) is 2. The molecule has 128 valence electrons. The van der Waals surface area contributed by atoms with E-state index in [1.54, 1.807) is 0 Å². The molecular formula is C16H30ClN3O2. The number of rotatable bonds is 4. The van der Waals surface area contributed by atoms with E-state index >= 15 is 0 Å². The van der Waals surface area contributed by atoms with E-state index in [1.165, 1.54) is 12.8 Å². The van der Waals surface area contributed by atoms with E-state index < -0.39 is 0 Å². The normalized spacial score (nSPS) is 23.3. The summed E-state index contributed by atoms with van der Waals surface area (Å²) in [5.41, 5.74) is -0.161. The van der Waals surface area contributed by atoms with Crippen molar-refractivity contribution < 1.29 is 9.59 Å². The van der Waals surface area contributed by atoms with Gasteiger partial charge < -0.3 is 15.5 Å². The molecular weight excluding hydrogens is 302 g/mol. The number of nitrogens with zero attached hydrogens (tertiary/aromatic N) is 1. The van der Waals surface area contributed by atoms with Crippen molar-refractivity contribution in [3.05, 3.63) is 0 Å². The monoisotopic (exact) mass is 331 g/mol. The van der Waals surface area contributed by atoms with Crippen molar-refractivity contribution in [2.24, 2.45) is 5.92 Å². The fraction of sp³-hybridized carbons (Fsp3) is 0.875. The predicted molar refractivity (Wildman–Crippen MR) is 90.1 cm³/mol. The molecule has 0 bridgehead atoms. The van der Waals surface area contributed by atoms with Crippen LogP contribution in [0.1, 0.15) is 52.9 Å². The van der Waals surface area contributed by atoms with Crippen LogP contribution in [-0.2, 0) is 9.59 Å². The molecule has 2 rings (SSSR count). The van der Waals surface area contributed by atoms with Crippen molar-refractivity contribution >= 4 is 24.2 Å². The summed E-state index contributed by atoms with van der Waals surface area (Å²) >= 11 is 0. The molecule has 2 aliphatic rings. The van der Waals surface area contributed by atoms with Gasteiger partial charge in [0.25, 0.3) is 0 Å². The summed E-state index contributed by atoms with van der Waals surface area (Å²) in [6.07, 6.45) is 4.35. The van der Waals surface area contributed by atoms with Gasteiger partial charge in [0.05, 0.1) is 6.04 Å². The van der Waals surface area contributed by atoms with Crippen molar-refractivity contribution in [2.45, 2.75) is 64.5 Å². The minimum atomic E-state index is -0.161. The SMILES string of the molecule is CC(C)(C)N1CC(NC(=O)CCC2CCNCC2)CC1=O.Cl. The van der Waals surface area contributed by atoms with Crippen molar-refractivity contribution in [3.8, 4) is 0 Å². The fourth-order valence-electron chi connectivity index (χ4n) is 3.26. The van der Waals surface area contributed by atoms with Gasteiger partial charge in [0.15, 0.2) is 0 Å². The third kappa shape index (κ3) is 5.43. The lowest BCUT2D eigenvalue weighted by Crippen LogP contribution is -2.44. The first-order valence-corrected chi connectivity index (χ1v) is 8.17. The maximum Gasteiger partial charge on any atom is 0.225 e. The second-order valence-electron chi connectivity index (χ2n) is 7.38. The van der Waals surface area contributed by atoms with Gasteiger partial charge >= 0.3 is 0 Å². The van der Waals surface area contributed by atoms with E-state index in [1.807, 2.05) is 25.7 Å². The second kappa shape index (κ2) is 8.16. The molecule has 2 N–H and O–H groups in total. The Balaban J connectivity index is 0.00000242. The van der Waals surface area contributed by atoms with Crippen LogP contribution < -0.4 is 10.6 Å². The van der Waals surface area contributed by atoms with Gasteiger partial charge in [-0.25, -0.2) is 0 Å². The van der Waals surface area contributed by atoms with E-state index in [0.717, 1.165) is 19.5 Å². The fourth-order valence-corrected chi connectivity index (χ4v) is 3.26. The van der Waals surface area contributed by atoms with Gasteiger partial charge in [-0.05, 0) is 59.0 Å². The zero-order valence-electron chi connectivity index (χ0n) is 14.0. The van der Waals surface area contributed by atoms with Gasteiger partial charge in [0.1, 0.15) is 0 Å². The average Bonchev–Trinajstić information content (AvgIpc) is 2.78. The number of halogens is 1. The van der Waals surface area contributed by atoms with Gasteiger partial charge in [0, 0.05) is 24.9 Å². The topological polar surface area (TPSA) is 61.4 Å². The molecule has 1 atom stereocenters. The van der Waals surface area contributed by atoms with Crippen LogP contribution in [-0.4, -0.2) is 47.9 Å². The van der Waals surface area contributed by atoms with Gasteiger partial charge in [-0.3, -0.25) is 9.59 Å². The molecule has 0 aromatic carbocycles. The van der Waals surface area contributed by atoms with E-state index in [2.05, 4.69) is 10.6 Å². The Morgan fingerprint density at radius 2 is 1.95 bits per heavy atom. The molecule has 0 saturated carbocycles. The molecule has 6 heteroatoms. The number of carbonyl (C=O) groups is 2. The van der Waals surface area contributed by atoms with Gasteiger partial charge in [-0.1, -0.05) is 0 Å². The average molecular weight is 332 g/mol. The molecule has 0 aromatic heterocycles. The minimum absolute atomic E-state index is 0. The zero-order chi connectivity index (χ0) is 15.5. The van der Waals surface area contributed by atoms with Crippen molar-refractivity contribution in [3.63, 3.8) is 0 Å². The lowest BCUT2D eigenvalue weighted by Gasteiger charge is -2.32. The molecule has 0 spiro atoms. The number of nitrogens with one attached hydrogen (secondary N) is 2. The Morgan fingerprint density at radius 1 is 1.32 bits per heavy atom. The highest BCUT2D eigenvalue weighted by atomic mass is 35.5. The summed E-state index contributed by atoms with van der Waals surface area (Å²) in [5.74, 6) is 0.918. The number of hydrogen-bond acceptors (Lipinski definition) is 3. The van der Waals surface area contributed by atoms with E-state index in [0.29, 0.717) is 25.3 Å². The van der Waals surface area contributed by atoms with Crippen LogP contribution in [0.2, 0.25) is 0 Å². The highest BCUT2D eigenvalue weighted by molar-refractivity contribution is 5.85. The second-order valence-corrected chi connectivity index (χ2v) is 7.38. The minimum Gasteiger partial charge on any atom is -0.351 e. The van der Waals surface area contributed by atoms with Crippen LogP contribution in [0, 0.1) is 5.92 Å². The molecule has 2 heterocycles. The summed E-state index contributed by atoms with van der Waals surface area (Å²) in [6.45, 7) is 8.89. The quantitative estimate of drug-likeness (QED) is 0.824. The highest BCUT2D eigenvalue weighted by Crippen LogP contribution is 2.22. The van der Waals surface area contributed by atoms with Crippen LogP contribution in [0.15, 0.2) is 0 Å². The first kappa shape index (κ1) is 19.2. The molecule has 0 aliphatic carbocycles. The van der Waals surface area contributed by atoms with Crippen LogP contribution in [0.3, 0.4) is 0 Å². The van der Waals surface area contributed by atoms with Crippen LogP contribution >= 0.6 is 12.4 Å². The summed E-state index contributed by atoms with van der Waals surface area (Å²) in [4.78, 5) is 25.9. The predicted octanol–water partition coefficient (Wildman–Crippen LogP) is 1.70. The first-order valence-electron chi connectivity index (χ1n) is 8.17. The number of amides is 2. The summed E-state index contributed by atoms with van der Waals surface area (Å²) < 4.78 is 0. The Bertz CT molecular complexity index is 389. The standard InChI is InChI=1S/C16H29N3O2.ClH/c1-16(2,3)19-11-13(10-15(19)21)18-14(20)5-4-12-6-8-17-9-7-12;/h12-13,17H,4-11H2,1-3H3,(H,18,20);1H. The summed E-state index contributed by atoms with van der Waals surface area (Å²) in [6, 6.07) is -0.0164. The largest absolute Gasteiger partial charge is 0.351 e. The lowest BCUT2D eigenvalue weighted by atomic mass is 9.93. The van der Waals surface area contributed by atoms with Crippen molar-refractivity contribution in [1.82, 2.24) is 15.5 Å². The zero-order valence-corrected chi connectivity index (χ0v) is 14.8. The van der Waals surface area contributed by atoms with Gasteiger partial charge in [-0.2, -0.15) is 0 Å². The lowest BCUT2D eigenvalue weighted by molar-refractivity contribution is -0.131. The molecule has 1 unspecified atom stereocenters. The van der Waals surface area contributed by atoms with E-state index in [4.69, 9.17) is 0 Å². The smallest absolute Gasteiger partial charge is 0.225 e. The Labute approximate surface area is 140 Å². The van der Waals surface area contributed by atoms with Crippen molar-refractivity contribution in [2.75, 3.05) is 19.6 Å². The molecule has 22 heavy (non-hydrogen) atoms. The molecule has 2 fully saturated rings. The molecule has 5 nitrogen and oxygen atoms in total. The highest BCUT2D eigenvalue weighted by Gasteiger charge is 2.36. The maximum absolute atomic E-state index is 12.0. The number of likely N-dealkylation sites (tertiary alicyclic amines) is 1. The maximum atomic E-state index is 12.0. The molecule has 2 saturated heterocycles. The molecule has 0 radical (unpaired) electrons. The third-order valence-electron chi connectivity index (χ3n) is 4.54. The van der Waals surface area contributed by atoms with Crippen molar-refractivity contribution in [1.29, 1.82) is 0 Å².